The molecule has 1 saturated carbocycles. The first-order chi connectivity index (χ1) is 8.63. The molecule has 1 N–H and O–H groups in total. The summed E-state index contributed by atoms with van der Waals surface area (Å²) in [5.41, 5.74) is 0. The third kappa shape index (κ3) is 5.60. The number of ketones is 1. The molecule has 1 aliphatic rings. The van der Waals surface area contributed by atoms with Crippen LogP contribution in [0.2, 0.25) is 0 Å². The highest BCUT2D eigenvalue weighted by atomic mass is 16.5. The number of carbonyl (C=O) groups is 2. The lowest BCUT2D eigenvalue weighted by molar-refractivity contribution is -0.138. The molecule has 0 aromatic carbocycles. The SMILES string of the molecule is COCCCNC(=O)C(C)OC1CCC(=O)CC1. The second kappa shape index (κ2) is 8.21. The number of hydrogen-bond acceptors (Lipinski definition) is 4. The second-order valence-corrected chi connectivity index (χ2v) is 4.65. The number of methoxy groups -OCH3 is 1. The molecule has 104 valence electrons. The zero-order valence-corrected chi connectivity index (χ0v) is 11.2. The van der Waals surface area contributed by atoms with Gasteiger partial charge in [-0.2, -0.15) is 0 Å². The summed E-state index contributed by atoms with van der Waals surface area (Å²) >= 11 is 0. The van der Waals surface area contributed by atoms with E-state index < -0.39 is 6.10 Å². The van der Waals surface area contributed by atoms with Crippen molar-refractivity contribution in [2.75, 3.05) is 20.3 Å². The zero-order valence-electron chi connectivity index (χ0n) is 11.2. The first kappa shape index (κ1) is 15.1. The monoisotopic (exact) mass is 257 g/mol. The first-order valence-corrected chi connectivity index (χ1v) is 6.57. The minimum atomic E-state index is -0.453. The number of amides is 1. The molecule has 0 spiro atoms. The average Bonchev–Trinajstić information content (AvgIpc) is 2.37. The third-order valence-corrected chi connectivity index (χ3v) is 3.08. The summed E-state index contributed by atoms with van der Waals surface area (Å²) in [5, 5.41) is 2.80. The van der Waals surface area contributed by atoms with Crippen molar-refractivity contribution in [3.63, 3.8) is 0 Å². The fraction of sp³-hybridized carbons (Fsp3) is 0.846. The summed E-state index contributed by atoms with van der Waals surface area (Å²) < 4.78 is 10.6. The van der Waals surface area contributed by atoms with Crippen molar-refractivity contribution in [3.8, 4) is 0 Å². The van der Waals surface area contributed by atoms with Crippen LogP contribution in [0.4, 0.5) is 0 Å². The summed E-state index contributed by atoms with van der Waals surface area (Å²) in [6.07, 6.45) is 3.01. The van der Waals surface area contributed by atoms with Gasteiger partial charge in [-0.25, -0.2) is 0 Å². The lowest BCUT2D eigenvalue weighted by Crippen LogP contribution is -2.38. The van der Waals surface area contributed by atoms with Crippen LogP contribution in [0.1, 0.15) is 39.0 Å². The number of carbonyl (C=O) groups excluding carboxylic acids is 2. The first-order valence-electron chi connectivity index (χ1n) is 6.57. The van der Waals surface area contributed by atoms with Gasteiger partial charge >= 0.3 is 0 Å². The molecule has 1 unspecified atom stereocenters. The summed E-state index contributed by atoms with van der Waals surface area (Å²) in [4.78, 5) is 22.8. The van der Waals surface area contributed by atoms with Gasteiger partial charge in [-0.3, -0.25) is 9.59 Å². The molecular weight excluding hydrogens is 234 g/mol. The van der Waals surface area contributed by atoms with E-state index in [1.165, 1.54) is 0 Å². The Labute approximate surface area is 108 Å². The van der Waals surface area contributed by atoms with Crippen LogP contribution in [0.5, 0.6) is 0 Å². The Bertz CT molecular complexity index is 270. The maximum Gasteiger partial charge on any atom is 0.248 e. The lowest BCUT2D eigenvalue weighted by atomic mass is 9.96. The van der Waals surface area contributed by atoms with Gasteiger partial charge in [0.1, 0.15) is 11.9 Å². The van der Waals surface area contributed by atoms with E-state index in [1.54, 1.807) is 14.0 Å². The van der Waals surface area contributed by atoms with Gasteiger partial charge in [-0.15, -0.1) is 0 Å². The van der Waals surface area contributed by atoms with Crippen molar-refractivity contribution in [2.45, 2.75) is 51.2 Å². The Morgan fingerprint density at radius 3 is 2.72 bits per heavy atom. The van der Waals surface area contributed by atoms with Crippen LogP contribution in [0.3, 0.4) is 0 Å². The molecule has 18 heavy (non-hydrogen) atoms. The summed E-state index contributed by atoms with van der Waals surface area (Å²) in [6.45, 7) is 2.99. The summed E-state index contributed by atoms with van der Waals surface area (Å²) in [6, 6.07) is 0. The maximum absolute atomic E-state index is 11.7. The highest BCUT2D eigenvalue weighted by Gasteiger charge is 2.23. The lowest BCUT2D eigenvalue weighted by Gasteiger charge is -2.24. The number of hydrogen-bond donors (Lipinski definition) is 1. The molecule has 1 amide bonds. The third-order valence-electron chi connectivity index (χ3n) is 3.08. The fourth-order valence-corrected chi connectivity index (χ4v) is 1.97. The predicted molar refractivity (Wildman–Crippen MR) is 67.3 cm³/mol. The van der Waals surface area contributed by atoms with Crippen LogP contribution in [0.15, 0.2) is 0 Å². The molecule has 0 aromatic heterocycles. The van der Waals surface area contributed by atoms with E-state index in [-0.39, 0.29) is 12.0 Å². The largest absolute Gasteiger partial charge is 0.385 e. The summed E-state index contributed by atoms with van der Waals surface area (Å²) in [5.74, 6) is 0.203. The molecule has 5 nitrogen and oxygen atoms in total. The molecule has 5 heteroatoms. The van der Waals surface area contributed by atoms with Crippen molar-refractivity contribution in [2.24, 2.45) is 0 Å². The van der Waals surface area contributed by atoms with E-state index in [4.69, 9.17) is 9.47 Å². The predicted octanol–water partition coefficient (Wildman–Crippen LogP) is 1.06. The van der Waals surface area contributed by atoms with E-state index in [9.17, 15) is 9.59 Å². The standard InChI is InChI=1S/C13H23NO4/c1-10(13(16)14-8-3-9-17-2)18-12-6-4-11(15)5-7-12/h10,12H,3-9H2,1-2H3,(H,14,16). The van der Waals surface area contributed by atoms with Crippen molar-refractivity contribution in [3.05, 3.63) is 0 Å². The number of ether oxygens (including phenoxy) is 2. The fourth-order valence-electron chi connectivity index (χ4n) is 1.97. The molecule has 1 aliphatic carbocycles. The van der Waals surface area contributed by atoms with E-state index in [2.05, 4.69) is 5.32 Å². The molecule has 1 atom stereocenters. The minimum Gasteiger partial charge on any atom is -0.385 e. The van der Waals surface area contributed by atoms with Gasteiger partial charge in [0.05, 0.1) is 6.10 Å². The normalized spacial score (nSPS) is 18.7. The van der Waals surface area contributed by atoms with Gasteiger partial charge < -0.3 is 14.8 Å². The number of rotatable bonds is 7. The molecular formula is C13H23NO4. The molecule has 0 saturated heterocycles. The van der Waals surface area contributed by atoms with Crippen molar-refractivity contribution >= 4 is 11.7 Å². The van der Waals surface area contributed by atoms with E-state index >= 15 is 0 Å². The smallest absolute Gasteiger partial charge is 0.248 e. The highest BCUT2D eigenvalue weighted by molar-refractivity contribution is 5.80. The second-order valence-electron chi connectivity index (χ2n) is 4.65. The van der Waals surface area contributed by atoms with Crippen LogP contribution < -0.4 is 5.32 Å². The van der Waals surface area contributed by atoms with Crippen LogP contribution in [0.25, 0.3) is 0 Å². The number of nitrogens with one attached hydrogen (secondary N) is 1. The maximum atomic E-state index is 11.7. The van der Waals surface area contributed by atoms with Crippen molar-refractivity contribution < 1.29 is 19.1 Å². The molecule has 0 aliphatic heterocycles. The quantitative estimate of drug-likeness (QED) is 0.693. The topological polar surface area (TPSA) is 64.6 Å². The Morgan fingerprint density at radius 1 is 1.44 bits per heavy atom. The van der Waals surface area contributed by atoms with E-state index in [1.807, 2.05) is 0 Å². The van der Waals surface area contributed by atoms with Gasteiger partial charge in [0, 0.05) is 33.1 Å². The van der Waals surface area contributed by atoms with Crippen LogP contribution in [-0.4, -0.2) is 44.2 Å². The van der Waals surface area contributed by atoms with Crippen LogP contribution in [0, 0.1) is 0 Å². The van der Waals surface area contributed by atoms with Gasteiger partial charge in [-0.1, -0.05) is 0 Å². The minimum absolute atomic E-state index is 0.0439. The highest BCUT2D eigenvalue weighted by Crippen LogP contribution is 2.19. The Kier molecular flexibility index (Phi) is 6.90. The Balaban J connectivity index is 2.16. The molecule has 1 fully saturated rings. The molecule has 0 aromatic rings. The number of Topliss-reactive ketones (excluding diaryl/α,β-unsaturated/α-hetero) is 1. The molecule has 1 rings (SSSR count). The van der Waals surface area contributed by atoms with Crippen molar-refractivity contribution in [1.82, 2.24) is 5.32 Å². The molecule has 0 radical (unpaired) electrons. The van der Waals surface area contributed by atoms with Crippen molar-refractivity contribution in [1.29, 1.82) is 0 Å². The van der Waals surface area contributed by atoms with Gasteiger partial charge in [0.25, 0.3) is 0 Å². The van der Waals surface area contributed by atoms with Gasteiger partial charge in [0.2, 0.25) is 5.91 Å². The van der Waals surface area contributed by atoms with E-state index in [0.717, 1.165) is 19.3 Å². The molecule has 0 bridgehead atoms. The Hall–Kier alpha value is -0.940. The Morgan fingerprint density at radius 2 is 2.11 bits per heavy atom. The average molecular weight is 257 g/mol. The molecule has 0 heterocycles. The van der Waals surface area contributed by atoms with E-state index in [0.29, 0.717) is 31.8 Å². The zero-order chi connectivity index (χ0) is 13.4. The summed E-state index contributed by atoms with van der Waals surface area (Å²) in [7, 11) is 1.64. The van der Waals surface area contributed by atoms with Gasteiger partial charge in [-0.05, 0) is 26.2 Å². The van der Waals surface area contributed by atoms with Gasteiger partial charge in [0.15, 0.2) is 0 Å². The van der Waals surface area contributed by atoms with Crippen LogP contribution in [-0.2, 0) is 19.1 Å². The van der Waals surface area contributed by atoms with Crippen LogP contribution >= 0.6 is 0 Å².